The van der Waals surface area contributed by atoms with Crippen molar-refractivity contribution in [3.05, 3.63) is 54.6 Å². The summed E-state index contributed by atoms with van der Waals surface area (Å²) in [6, 6.07) is 16.8. The minimum absolute atomic E-state index is 0.345. The molecule has 116 valence electrons. The monoisotopic (exact) mass is 309 g/mol. The summed E-state index contributed by atoms with van der Waals surface area (Å²) in [5, 5.41) is 11.3. The van der Waals surface area contributed by atoms with Crippen LogP contribution >= 0.6 is 0 Å². The lowest BCUT2D eigenvalue weighted by Gasteiger charge is -1.98. The minimum atomic E-state index is 0.345. The quantitative estimate of drug-likeness (QED) is 0.509. The lowest BCUT2D eigenvalue weighted by Crippen LogP contribution is -2.35. The maximum absolute atomic E-state index is 6.13. The fourth-order valence-corrected chi connectivity index (χ4v) is 2.14. The Balaban J connectivity index is 1.94. The first-order valence-electron chi connectivity index (χ1n) is 6.99. The summed E-state index contributed by atoms with van der Waals surface area (Å²) >= 11 is 0. The Morgan fingerprint density at radius 3 is 2.52 bits per heavy atom. The molecule has 3 rings (SSSR count). The summed E-state index contributed by atoms with van der Waals surface area (Å²) in [4.78, 5) is 0. The molecule has 7 nitrogen and oxygen atoms in total. The molecule has 1 aromatic heterocycles. The van der Waals surface area contributed by atoms with E-state index in [1.165, 1.54) is 0 Å². The van der Waals surface area contributed by atoms with Gasteiger partial charge in [-0.3, -0.25) is 5.73 Å². The zero-order chi connectivity index (χ0) is 16.2. The number of aromatic nitrogens is 2. The summed E-state index contributed by atoms with van der Waals surface area (Å²) in [6.45, 7) is 0. The Labute approximate surface area is 133 Å². The largest absolute Gasteiger partial charge is 0.497 e. The molecule has 0 aliphatic heterocycles. The molecule has 1 heterocycles. The van der Waals surface area contributed by atoms with Gasteiger partial charge in [-0.2, -0.15) is 0 Å². The van der Waals surface area contributed by atoms with Crippen molar-refractivity contribution in [1.82, 2.24) is 5.10 Å². The molecule has 2 aromatic carbocycles. The number of nitrogens with one attached hydrogen (secondary N) is 1. The number of para-hydroxylation sites is 1. The van der Waals surface area contributed by atoms with Gasteiger partial charge in [-0.05, 0) is 24.3 Å². The number of methoxy groups -OCH3 is 1. The van der Waals surface area contributed by atoms with Crippen molar-refractivity contribution >= 4 is 23.0 Å². The Kier molecular flexibility index (Phi) is 3.92. The number of nitrogens with zero attached hydrogens (tertiary/aromatic N) is 3. The molecule has 0 unspecified atom stereocenters. The lowest BCUT2D eigenvalue weighted by atomic mass is 10.3. The number of H-pyrrole nitrogens is 1. The van der Waals surface area contributed by atoms with Gasteiger partial charge >= 0.3 is 5.82 Å². The SMILES string of the molecule is COc1cccc(N=Nc2c(N)[nH][n+](-c3ccccc3)c2N)c1. The molecule has 3 aromatic rings. The highest BCUT2D eigenvalue weighted by atomic mass is 16.5. The summed E-state index contributed by atoms with van der Waals surface area (Å²) in [7, 11) is 1.60. The van der Waals surface area contributed by atoms with Crippen LogP contribution < -0.4 is 20.9 Å². The van der Waals surface area contributed by atoms with Crippen molar-refractivity contribution in [2.75, 3.05) is 18.6 Å². The second-order valence-corrected chi connectivity index (χ2v) is 4.83. The molecule has 0 fully saturated rings. The van der Waals surface area contributed by atoms with Crippen LogP contribution in [0.2, 0.25) is 0 Å². The molecule has 0 aliphatic carbocycles. The zero-order valence-corrected chi connectivity index (χ0v) is 12.6. The van der Waals surface area contributed by atoms with Crippen LogP contribution in [-0.2, 0) is 0 Å². The van der Waals surface area contributed by atoms with Gasteiger partial charge in [0.2, 0.25) is 5.69 Å². The number of rotatable bonds is 4. The van der Waals surface area contributed by atoms with E-state index in [0.29, 0.717) is 28.8 Å². The first kappa shape index (κ1) is 14.6. The molecule has 0 bridgehead atoms. The molecule has 0 spiro atoms. The standard InChI is InChI=1S/C16H16N6O/c1-23-13-9-5-6-11(10-13)19-20-14-15(17)21-22(16(14)18)12-7-3-2-4-8-12/h2-10H,1H3,(H4,17,18,19,21)/p+1. The van der Waals surface area contributed by atoms with E-state index >= 15 is 0 Å². The van der Waals surface area contributed by atoms with E-state index < -0.39 is 0 Å². The second kappa shape index (κ2) is 6.18. The smallest absolute Gasteiger partial charge is 0.328 e. The van der Waals surface area contributed by atoms with E-state index in [0.717, 1.165) is 5.69 Å². The van der Waals surface area contributed by atoms with Gasteiger partial charge in [0.25, 0.3) is 0 Å². The van der Waals surface area contributed by atoms with E-state index in [2.05, 4.69) is 15.3 Å². The molecular formula is C16H17N6O+. The summed E-state index contributed by atoms with van der Waals surface area (Å²) in [5.74, 6) is 1.44. The fourth-order valence-electron chi connectivity index (χ4n) is 2.14. The lowest BCUT2D eigenvalue weighted by molar-refractivity contribution is -0.639. The number of benzene rings is 2. The van der Waals surface area contributed by atoms with Crippen LogP contribution in [0.4, 0.5) is 23.0 Å². The van der Waals surface area contributed by atoms with Gasteiger partial charge in [-0.25, -0.2) is 5.10 Å². The van der Waals surface area contributed by atoms with Crippen LogP contribution in [0.3, 0.4) is 0 Å². The first-order chi connectivity index (χ1) is 11.2. The predicted octanol–water partition coefficient (Wildman–Crippen LogP) is 2.88. The molecule has 0 saturated heterocycles. The third-order valence-electron chi connectivity index (χ3n) is 3.30. The highest BCUT2D eigenvalue weighted by Gasteiger charge is 2.20. The molecule has 23 heavy (non-hydrogen) atoms. The first-order valence-corrected chi connectivity index (χ1v) is 6.99. The summed E-state index contributed by atoms with van der Waals surface area (Å²) in [5.41, 5.74) is 14.0. The van der Waals surface area contributed by atoms with Crippen molar-refractivity contribution in [2.45, 2.75) is 0 Å². The van der Waals surface area contributed by atoms with Crippen LogP contribution in [0.5, 0.6) is 5.75 Å². The van der Waals surface area contributed by atoms with Crippen molar-refractivity contribution in [2.24, 2.45) is 10.2 Å². The van der Waals surface area contributed by atoms with E-state index in [4.69, 9.17) is 16.2 Å². The van der Waals surface area contributed by atoms with Crippen molar-refractivity contribution in [1.29, 1.82) is 0 Å². The summed E-state index contributed by atoms with van der Waals surface area (Å²) in [6.07, 6.45) is 0. The molecule has 0 radical (unpaired) electrons. The minimum Gasteiger partial charge on any atom is -0.497 e. The average Bonchev–Trinajstić information content (AvgIpc) is 2.88. The number of nitrogens with two attached hydrogens (primary N) is 2. The number of hydrogen-bond donors (Lipinski definition) is 3. The Morgan fingerprint density at radius 1 is 1.00 bits per heavy atom. The maximum atomic E-state index is 6.13. The highest BCUT2D eigenvalue weighted by molar-refractivity contribution is 5.68. The van der Waals surface area contributed by atoms with Crippen molar-refractivity contribution in [3.8, 4) is 11.4 Å². The van der Waals surface area contributed by atoms with Crippen molar-refractivity contribution in [3.63, 3.8) is 0 Å². The van der Waals surface area contributed by atoms with Crippen LogP contribution in [0, 0.1) is 0 Å². The zero-order valence-electron chi connectivity index (χ0n) is 12.6. The van der Waals surface area contributed by atoms with Crippen LogP contribution in [0.15, 0.2) is 64.8 Å². The number of aromatic amines is 1. The highest BCUT2D eigenvalue weighted by Crippen LogP contribution is 2.29. The van der Waals surface area contributed by atoms with Gasteiger partial charge in [-0.1, -0.05) is 24.3 Å². The summed E-state index contributed by atoms with van der Waals surface area (Å²) < 4.78 is 6.82. The number of hydrogen-bond acceptors (Lipinski definition) is 5. The Bertz CT molecular complexity index is 841. The van der Waals surface area contributed by atoms with Crippen LogP contribution in [-0.4, -0.2) is 12.2 Å². The van der Waals surface area contributed by atoms with Crippen LogP contribution in [0.1, 0.15) is 0 Å². The molecule has 0 atom stereocenters. The molecular weight excluding hydrogens is 292 g/mol. The Morgan fingerprint density at radius 2 is 1.78 bits per heavy atom. The van der Waals surface area contributed by atoms with Gasteiger partial charge < -0.3 is 10.5 Å². The number of nitrogen functional groups attached to an aromatic ring is 2. The van der Waals surface area contributed by atoms with E-state index in [-0.39, 0.29) is 0 Å². The maximum Gasteiger partial charge on any atom is 0.328 e. The predicted molar refractivity (Wildman–Crippen MR) is 88.3 cm³/mol. The molecule has 5 N–H and O–H groups in total. The van der Waals surface area contributed by atoms with Crippen molar-refractivity contribution < 1.29 is 9.42 Å². The van der Waals surface area contributed by atoms with E-state index in [9.17, 15) is 0 Å². The number of ether oxygens (including phenoxy) is 1. The third kappa shape index (κ3) is 2.98. The molecule has 0 aliphatic rings. The molecule has 7 heteroatoms. The molecule has 0 saturated carbocycles. The molecule has 0 amide bonds. The van der Waals surface area contributed by atoms with E-state index in [1.54, 1.807) is 17.9 Å². The number of anilines is 2. The van der Waals surface area contributed by atoms with Crippen LogP contribution in [0.25, 0.3) is 5.69 Å². The van der Waals surface area contributed by atoms with Gasteiger partial charge in [0.05, 0.1) is 12.8 Å². The van der Waals surface area contributed by atoms with Gasteiger partial charge in [0.15, 0.2) is 11.5 Å². The van der Waals surface area contributed by atoms with E-state index in [1.807, 2.05) is 48.5 Å². The fraction of sp³-hybridized carbons (Fsp3) is 0.0625. The third-order valence-corrected chi connectivity index (χ3v) is 3.30. The van der Waals surface area contributed by atoms with Gasteiger partial charge in [0.1, 0.15) is 5.75 Å². The van der Waals surface area contributed by atoms with Gasteiger partial charge in [-0.15, -0.1) is 14.9 Å². The second-order valence-electron chi connectivity index (χ2n) is 4.83. The topological polar surface area (TPSA) is 106 Å². The Hall–Kier alpha value is -3.35. The number of azo groups is 1. The van der Waals surface area contributed by atoms with Gasteiger partial charge in [0, 0.05) is 6.07 Å². The normalized spacial score (nSPS) is 11.0. The average molecular weight is 309 g/mol.